The van der Waals surface area contributed by atoms with Crippen LogP contribution in [-0.4, -0.2) is 66.1 Å². The summed E-state index contributed by atoms with van der Waals surface area (Å²) in [7, 11) is 3.13. The van der Waals surface area contributed by atoms with Crippen molar-refractivity contribution in [3.8, 4) is 17.2 Å². The summed E-state index contributed by atoms with van der Waals surface area (Å²) in [4.78, 5) is 49.6. The molecule has 12 heteroatoms. The van der Waals surface area contributed by atoms with E-state index in [0.29, 0.717) is 54.8 Å². The number of nitrogens with zero attached hydrogens (tertiary/aromatic N) is 1. The molecule has 2 unspecified atom stereocenters. The summed E-state index contributed by atoms with van der Waals surface area (Å²) in [6.07, 6.45) is 0.549. The first kappa shape index (κ1) is 31.6. The molecule has 0 bridgehead atoms. The van der Waals surface area contributed by atoms with E-state index in [0.717, 1.165) is 26.9 Å². The molecule has 2 aromatic carbocycles. The lowest BCUT2D eigenvalue weighted by Crippen LogP contribution is -2.28. The summed E-state index contributed by atoms with van der Waals surface area (Å²) in [6, 6.07) is 9.27. The standard InChI is InChI=1S/C31H36N2O9S/c1-17(30(36)37)8-23(34)28-13-19-11-26(25(41-4)14-27(19)43-28)42-7-5-6-32-22-10-20-15-33(16-21(20)12-24(22)40-3)29(35)9-18(2)31(38)39/h10-14,17-18,32H,5-9,15-16H2,1-4H3,(H,36,37)(H,38,39). The van der Waals surface area contributed by atoms with E-state index in [2.05, 4.69) is 5.32 Å². The van der Waals surface area contributed by atoms with Crippen molar-refractivity contribution in [2.75, 3.05) is 32.7 Å². The van der Waals surface area contributed by atoms with Gasteiger partial charge in [-0.3, -0.25) is 19.2 Å². The Morgan fingerprint density at radius 1 is 0.884 bits per heavy atom. The molecule has 0 saturated carbocycles. The zero-order valence-corrected chi connectivity index (χ0v) is 25.4. The van der Waals surface area contributed by atoms with Crippen LogP contribution in [-0.2, 0) is 27.5 Å². The molecule has 230 valence electrons. The monoisotopic (exact) mass is 612 g/mol. The zero-order chi connectivity index (χ0) is 31.3. The molecule has 0 fully saturated rings. The second-order valence-corrected chi connectivity index (χ2v) is 11.7. The summed E-state index contributed by atoms with van der Waals surface area (Å²) in [5.74, 6) is -2.15. The first-order valence-corrected chi connectivity index (χ1v) is 14.8. The zero-order valence-electron chi connectivity index (χ0n) is 24.6. The smallest absolute Gasteiger partial charge is 0.306 e. The minimum atomic E-state index is -1.00. The van der Waals surface area contributed by atoms with Crippen LogP contribution in [0.4, 0.5) is 5.69 Å². The summed E-state index contributed by atoms with van der Waals surface area (Å²) in [5, 5.41) is 22.4. The highest BCUT2D eigenvalue weighted by molar-refractivity contribution is 7.20. The molecule has 1 amide bonds. The molecule has 3 aromatic rings. The lowest BCUT2D eigenvalue weighted by atomic mass is 10.0. The molecule has 0 aliphatic carbocycles. The fourth-order valence-corrected chi connectivity index (χ4v) is 5.81. The number of benzene rings is 2. The van der Waals surface area contributed by atoms with E-state index in [1.54, 1.807) is 25.2 Å². The van der Waals surface area contributed by atoms with E-state index < -0.39 is 23.8 Å². The van der Waals surface area contributed by atoms with Crippen LogP contribution in [0.5, 0.6) is 17.2 Å². The predicted octanol–water partition coefficient (Wildman–Crippen LogP) is 5.05. The number of ketones is 1. The molecule has 2 heterocycles. The average molecular weight is 613 g/mol. The summed E-state index contributed by atoms with van der Waals surface area (Å²) < 4.78 is 17.9. The number of carboxylic acid groups (broad SMARTS) is 2. The number of amides is 1. The van der Waals surface area contributed by atoms with Gasteiger partial charge in [0.1, 0.15) is 5.75 Å². The second kappa shape index (κ2) is 13.8. The van der Waals surface area contributed by atoms with Crippen molar-refractivity contribution in [3.63, 3.8) is 0 Å². The van der Waals surface area contributed by atoms with Crippen LogP contribution in [0.1, 0.15) is 53.9 Å². The maximum absolute atomic E-state index is 12.6. The summed E-state index contributed by atoms with van der Waals surface area (Å²) in [6.45, 7) is 4.84. The molecule has 0 radical (unpaired) electrons. The largest absolute Gasteiger partial charge is 0.495 e. The van der Waals surface area contributed by atoms with Crippen molar-refractivity contribution < 1.29 is 43.6 Å². The van der Waals surface area contributed by atoms with Crippen LogP contribution in [0.25, 0.3) is 10.1 Å². The number of fused-ring (bicyclic) bond motifs is 2. The Morgan fingerprint density at radius 2 is 1.53 bits per heavy atom. The average Bonchev–Trinajstić information content (AvgIpc) is 3.59. The van der Waals surface area contributed by atoms with E-state index in [4.69, 9.17) is 24.4 Å². The van der Waals surface area contributed by atoms with Gasteiger partial charge in [-0.1, -0.05) is 13.8 Å². The summed E-state index contributed by atoms with van der Waals surface area (Å²) >= 11 is 1.30. The molecule has 0 spiro atoms. The third kappa shape index (κ3) is 7.56. The van der Waals surface area contributed by atoms with Gasteiger partial charge in [0, 0.05) is 43.2 Å². The number of Topliss-reactive ketones (excluding diaryl/α,β-unsaturated/α-hetero) is 1. The van der Waals surface area contributed by atoms with Crippen molar-refractivity contribution in [2.24, 2.45) is 11.8 Å². The number of anilines is 1. The van der Waals surface area contributed by atoms with Crippen LogP contribution >= 0.6 is 11.3 Å². The van der Waals surface area contributed by atoms with Gasteiger partial charge in [0.25, 0.3) is 0 Å². The second-order valence-electron chi connectivity index (χ2n) is 10.7. The number of thiophene rings is 1. The Labute approximate surface area is 253 Å². The Hall–Kier alpha value is -4.32. The maximum Gasteiger partial charge on any atom is 0.306 e. The molecule has 43 heavy (non-hydrogen) atoms. The van der Waals surface area contributed by atoms with Gasteiger partial charge in [-0.2, -0.15) is 0 Å². The number of hydrogen-bond acceptors (Lipinski definition) is 9. The van der Waals surface area contributed by atoms with Crippen molar-refractivity contribution in [1.29, 1.82) is 0 Å². The number of methoxy groups -OCH3 is 2. The van der Waals surface area contributed by atoms with E-state index in [9.17, 15) is 19.2 Å². The van der Waals surface area contributed by atoms with E-state index in [1.165, 1.54) is 25.2 Å². The first-order valence-electron chi connectivity index (χ1n) is 13.9. The number of aliphatic carboxylic acids is 2. The summed E-state index contributed by atoms with van der Waals surface area (Å²) in [5.41, 5.74) is 2.75. The maximum atomic E-state index is 12.6. The normalized spacial score (nSPS) is 13.7. The van der Waals surface area contributed by atoms with E-state index in [1.807, 2.05) is 24.3 Å². The molecule has 0 saturated heterocycles. The van der Waals surface area contributed by atoms with E-state index in [-0.39, 0.29) is 24.5 Å². The van der Waals surface area contributed by atoms with Crippen molar-refractivity contribution in [1.82, 2.24) is 4.90 Å². The van der Waals surface area contributed by atoms with Gasteiger partial charge in [-0.15, -0.1) is 11.3 Å². The Balaban J connectivity index is 1.34. The highest BCUT2D eigenvalue weighted by Crippen LogP contribution is 2.38. The first-order chi connectivity index (χ1) is 20.5. The number of nitrogens with one attached hydrogen (secondary N) is 1. The van der Waals surface area contributed by atoms with Crippen LogP contribution < -0.4 is 19.5 Å². The van der Waals surface area contributed by atoms with Crippen molar-refractivity contribution in [2.45, 2.75) is 46.2 Å². The van der Waals surface area contributed by atoms with E-state index >= 15 is 0 Å². The highest BCUT2D eigenvalue weighted by atomic mass is 32.1. The Bertz CT molecular complexity index is 1530. The van der Waals surface area contributed by atoms with Crippen LogP contribution in [0.2, 0.25) is 0 Å². The highest BCUT2D eigenvalue weighted by Gasteiger charge is 2.27. The van der Waals surface area contributed by atoms with Crippen LogP contribution in [0.3, 0.4) is 0 Å². The van der Waals surface area contributed by atoms with Crippen LogP contribution in [0.15, 0.2) is 30.3 Å². The lowest BCUT2D eigenvalue weighted by molar-refractivity contribution is -0.145. The van der Waals surface area contributed by atoms with Gasteiger partial charge in [0.2, 0.25) is 5.91 Å². The van der Waals surface area contributed by atoms with Crippen LogP contribution in [0, 0.1) is 11.8 Å². The number of rotatable bonds is 15. The van der Waals surface area contributed by atoms with Crippen molar-refractivity contribution in [3.05, 3.63) is 46.3 Å². The molecular weight excluding hydrogens is 576 g/mol. The van der Waals surface area contributed by atoms with Gasteiger partial charge in [0.15, 0.2) is 17.3 Å². The fourth-order valence-electron chi connectivity index (χ4n) is 4.79. The molecule has 11 nitrogen and oxygen atoms in total. The SMILES string of the molecule is COc1cc2c(cc1NCCCOc1cc3cc(C(=O)CC(C)C(=O)O)sc3cc1OC)CN(C(=O)CC(C)C(=O)O)C2. The number of carboxylic acids is 2. The molecule has 1 aromatic heterocycles. The topological polar surface area (TPSA) is 152 Å². The minimum absolute atomic E-state index is 0.0406. The number of hydrogen-bond donors (Lipinski definition) is 3. The third-order valence-electron chi connectivity index (χ3n) is 7.38. The van der Waals surface area contributed by atoms with Gasteiger partial charge >= 0.3 is 11.9 Å². The lowest BCUT2D eigenvalue weighted by Gasteiger charge is -2.16. The molecule has 3 N–H and O–H groups in total. The predicted molar refractivity (Wildman–Crippen MR) is 161 cm³/mol. The Kier molecular flexibility index (Phi) is 10.1. The molecular formula is C31H36N2O9S. The molecule has 1 aliphatic rings. The van der Waals surface area contributed by atoms with Crippen molar-refractivity contribution >= 4 is 50.7 Å². The number of ether oxygens (including phenoxy) is 3. The third-order valence-corrected chi connectivity index (χ3v) is 8.52. The molecule has 1 aliphatic heterocycles. The minimum Gasteiger partial charge on any atom is -0.495 e. The van der Waals surface area contributed by atoms with Gasteiger partial charge in [-0.05, 0) is 47.2 Å². The van der Waals surface area contributed by atoms with Gasteiger partial charge in [-0.25, -0.2) is 0 Å². The van der Waals surface area contributed by atoms with Gasteiger partial charge in [0.05, 0.1) is 43.2 Å². The van der Waals surface area contributed by atoms with Gasteiger partial charge < -0.3 is 34.6 Å². The number of carbonyl (C=O) groups excluding carboxylic acids is 2. The molecule has 2 atom stereocenters. The molecule has 4 rings (SSSR count). The number of carbonyl (C=O) groups is 4. The fraction of sp³-hybridized carbons (Fsp3) is 0.419. The Morgan fingerprint density at radius 3 is 2.19 bits per heavy atom. The quantitative estimate of drug-likeness (QED) is 0.157.